The Kier molecular flexibility index (Phi) is 12.3. The van der Waals surface area contributed by atoms with Gasteiger partial charge in [0.2, 0.25) is 0 Å². The molecule has 53 heavy (non-hydrogen) atoms. The minimum Gasteiger partial charge on any atom is -0.494 e. The standard InChI is InChI=1S/C37H51F9N2O5/c1-32(2,3)53-31(49)48-18-16-47(17-19-48)15-5-20-50-25-8-10-26-24(23-25)7-9-28-27(26)13-14-33(4)29(28)11-12-30(33)51-21-6-22-52-34(35(38,39)40,36(41,42)43)37(44,45)46/h8,10,23,27-30H,5-7,9,11-22H2,1-4H3/t27-,28-,29+,30+,33+/m1/s1. The van der Waals surface area contributed by atoms with Gasteiger partial charge in [0, 0.05) is 39.3 Å². The first-order chi connectivity index (χ1) is 24.6. The van der Waals surface area contributed by atoms with Crippen molar-refractivity contribution in [3.05, 3.63) is 29.3 Å². The lowest BCUT2D eigenvalue weighted by Gasteiger charge is -2.50. The molecule has 5 rings (SSSR count). The van der Waals surface area contributed by atoms with Gasteiger partial charge < -0.3 is 23.8 Å². The van der Waals surface area contributed by atoms with Crippen LogP contribution >= 0.6 is 0 Å². The fourth-order valence-corrected chi connectivity index (χ4v) is 9.07. The highest BCUT2D eigenvalue weighted by atomic mass is 19.4. The maximum absolute atomic E-state index is 13.2. The fraction of sp³-hybridized carbons (Fsp3) is 0.811. The summed E-state index contributed by atoms with van der Waals surface area (Å²) >= 11 is 0. The van der Waals surface area contributed by atoms with Crippen molar-refractivity contribution in [3.8, 4) is 5.75 Å². The van der Waals surface area contributed by atoms with Crippen molar-refractivity contribution in [2.75, 3.05) is 52.5 Å². The molecule has 3 aliphatic carbocycles. The number of nitrogens with zero attached hydrogens (tertiary/aromatic N) is 2. The molecule has 1 amide bonds. The predicted molar refractivity (Wildman–Crippen MR) is 177 cm³/mol. The Bertz CT molecular complexity index is 1370. The molecule has 2 saturated carbocycles. The van der Waals surface area contributed by atoms with E-state index in [4.69, 9.17) is 14.2 Å². The normalized spacial score (nSPS) is 27.2. The van der Waals surface area contributed by atoms with E-state index in [0.717, 1.165) is 63.9 Å². The smallest absolute Gasteiger partial charge is 0.435 e. The molecule has 1 aliphatic heterocycles. The Labute approximate surface area is 304 Å². The van der Waals surface area contributed by atoms with Gasteiger partial charge in [0.25, 0.3) is 0 Å². The molecule has 0 unspecified atom stereocenters. The molecule has 16 heteroatoms. The molecule has 7 nitrogen and oxygen atoms in total. The number of aryl methyl sites for hydroxylation is 1. The number of carbonyl (C=O) groups is 1. The third-order valence-corrected chi connectivity index (χ3v) is 11.6. The van der Waals surface area contributed by atoms with Gasteiger partial charge in [-0.15, -0.1) is 0 Å². The third-order valence-electron chi connectivity index (χ3n) is 11.6. The molecular formula is C37H51F9N2O5. The Morgan fingerprint density at radius 1 is 0.830 bits per heavy atom. The highest BCUT2D eigenvalue weighted by Crippen LogP contribution is 2.62. The average Bonchev–Trinajstić information content (AvgIpc) is 3.38. The van der Waals surface area contributed by atoms with E-state index in [1.54, 1.807) is 4.90 Å². The van der Waals surface area contributed by atoms with Crippen molar-refractivity contribution in [1.82, 2.24) is 9.80 Å². The summed E-state index contributed by atoms with van der Waals surface area (Å²) in [6.07, 6.45) is -15.5. The monoisotopic (exact) mass is 774 g/mol. The molecule has 3 fully saturated rings. The zero-order valence-corrected chi connectivity index (χ0v) is 30.7. The maximum Gasteiger partial charge on any atom is 0.435 e. The second kappa shape index (κ2) is 15.6. The van der Waals surface area contributed by atoms with E-state index >= 15 is 0 Å². The van der Waals surface area contributed by atoms with Gasteiger partial charge in [-0.2, -0.15) is 39.5 Å². The van der Waals surface area contributed by atoms with Crippen molar-refractivity contribution in [1.29, 1.82) is 0 Å². The number of hydrogen-bond acceptors (Lipinski definition) is 6. The van der Waals surface area contributed by atoms with Crippen LogP contribution in [0.4, 0.5) is 44.3 Å². The summed E-state index contributed by atoms with van der Waals surface area (Å²) in [6, 6.07) is 6.31. The van der Waals surface area contributed by atoms with Gasteiger partial charge in [-0.3, -0.25) is 4.90 Å². The van der Waals surface area contributed by atoms with E-state index in [2.05, 4.69) is 28.7 Å². The Morgan fingerprint density at radius 2 is 1.49 bits per heavy atom. The topological polar surface area (TPSA) is 60.5 Å². The number of alkyl halides is 9. The van der Waals surface area contributed by atoms with Gasteiger partial charge in [-0.1, -0.05) is 13.0 Å². The molecule has 4 aliphatic rings. The van der Waals surface area contributed by atoms with Gasteiger partial charge in [0.15, 0.2) is 0 Å². The number of rotatable bonds is 11. The number of hydrogen-bond donors (Lipinski definition) is 0. The van der Waals surface area contributed by atoms with E-state index in [1.807, 2.05) is 26.8 Å². The first kappa shape index (κ1) is 41.7. The van der Waals surface area contributed by atoms with Crippen molar-refractivity contribution in [2.45, 2.75) is 121 Å². The van der Waals surface area contributed by atoms with Crippen molar-refractivity contribution in [2.24, 2.45) is 17.3 Å². The zero-order valence-electron chi connectivity index (χ0n) is 30.7. The van der Waals surface area contributed by atoms with Crippen LogP contribution in [-0.4, -0.2) is 104 Å². The summed E-state index contributed by atoms with van der Waals surface area (Å²) in [5.74, 6) is 1.85. The molecule has 1 aromatic carbocycles. The second-order valence-electron chi connectivity index (χ2n) is 16.1. The van der Waals surface area contributed by atoms with Crippen LogP contribution in [-0.2, 0) is 20.6 Å². The van der Waals surface area contributed by atoms with Crippen LogP contribution < -0.4 is 4.74 Å². The van der Waals surface area contributed by atoms with E-state index in [1.165, 1.54) is 11.1 Å². The summed E-state index contributed by atoms with van der Waals surface area (Å²) in [7, 11) is 0. The minimum absolute atomic E-state index is 0.265. The van der Waals surface area contributed by atoms with E-state index in [0.29, 0.717) is 43.9 Å². The van der Waals surface area contributed by atoms with E-state index in [9.17, 15) is 44.3 Å². The summed E-state index contributed by atoms with van der Waals surface area (Å²) in [4.78, 5) is 16.4. The maximum atomic E-state index is 13.2. The molecule has 0 N–H and O–H groups in total. The lowest BCUT2D eigenvalue weighted by atomic mass is 9.55. The number of ether oxygens (including phenoxy) is 4. The molecule has 5 atom stereocenters. The Hall–Kier alpha value is -2.46. The average molecular weight is 775 g/mol. The van der Waals surface area contributed by atoms with Crippen LogP contribution in [0.3, 0.4) is 0 Å². The number of piperazine rings is 1. The molecule has 0 aromatic heterocycles. The van der Waals surface area contributed by atoms with Crippen LogP contribution in [0.15, 0.2) is 18.2 Å². The molecule has 1 heterocycles. The molecule has 0 radical (unpaired) electrons. The summed E-state index contributed by atoms with van der Waals surface area (Å²) in [6.45, 7) is 10.2. The molecular weight excluding hydrogens is 723 g/mol. The number of fused-ring (bicyclic) bond motifs is 5. The van der Waals surface area contributed by atoms with Crippen molar-refractivity contribution in [3.63, 3.8) is 0 Å². The summed E-state index contributed by atoms with van der Waals surface area (Å²) in [5.41, 5.74) is -4.47. The van der Waals surface area contributed by atoms with Crippen LogP contribution in [0, 0.1) is 17.3 Å². The SMILES string of the molecule is CC(C)(C)OC(=O)N1CCN(CCCOc2ccc3c(c2)CC[C@@H]2[C@@H]3CC[C@]3(C)[C@@H](OCCCOC(C(F)(F)F)(C(F)(F)F)C(F)(F)F)CC[C@@H]23)CC1. The van der Waals surface area contributed by atoms with Gasteiger partial charge in [0.1, 0.15) is 11.4 Å². The van der Waals surface area contributed by atoms with Gasteiger partial charge in [-0.25, -0.2) is 4.79 Å². The van der Waals surface area contributed by atoms with Crippen LogP contribution in [0.25, 0.3) is 0 Å². The van der Waals surface area contributed by atoms with Gasteiger partial charge >= 0.3 is 30.2 Å². The fourth-order valence-electron chi connectivity index (χ4n) is 9.07. The number of halogens is 9. The second-order valence-corrected chi connectivity index (χ2v) is 16.1. The van der Waals surface area contributed by atoms with Crippen LogP contribution in [0.2, 0.25) is 0 Å². The lowest BCUT2D eigenvalue weighted by molar-refractivity contribution is -0.457. The third kappa shape index (κ3) is 8.84. The van der Waals surface area contributed by atoms with Crippen LogP contribution in [0.5, 0.6) is 5.75 Å². The largest absolute Gasteiger partial charge is 0.494 e. The Morgan fingerprint density at radius 3 is 2.11 bits per heavy atom. The summed E-state index contributed by atoms with van der Waals surface area (Å²) in [5, 5.41) is 0. The number of benzene rings is 1. The minimum atomic E-state index is -6.74. The zero-order chi connectivity index (χ0) is 39.0. The highest BCUT2D eigenvalue weighted by molar-refractivity contribution is 5.68. The number of amides is 1. The number of carbonyl (C=O) groups excluding carboxylic acids is 1. The first-order valence-corrected chi connectivity index (χ1v) is 18.5. The van der Waals surface area contributed by atoms with E-state index in [-0.39, 0.29) is 24.2 Å². The summed E-state index contributed by atoms with van der Waals surface area (Å²) < 4.78 is 140. The predicted octanol–water partition coefficient (Wildman–Crippen LogP) is 9.08. The van der Waals surface area contributed by atoms with Gasteiger partial charge in [0.05, 0.1) is 19.3 Å². The molecule has 1 saturated heterocycles. The molecule has 1 aromatic rings. The Balaban J connectivity index is 1.07. The molecule has 302 valence electrons. The quantitative estimate of drug-likeness (QED) is 0.165. The van der Waals surface area contributed by atoms with E-state index < -0.39 is 42.8 Å². The van der Waals surface area contributed by atoms with Crippen molar-refractivity contribution < 1.29 is 63.3 Å². The van der Waals surface area contributed by atoms with Gasteiger partial charge in [-0.05, 0) is 119 Å². The highest BCUT2D eigenvalue weighted by Gasteiger charge is 2.85. The molecule has 0 spiro atoms. The van der Waals surface area contributed by atoms with Crippen LogP contribution in [0.1, 0.15) is 89.7 Å². The molecule has 0 bridgehead atoms. The first-order valence-electron chi connectivity index (χ1n) is 18.5. The van der Waals surface area contributed by atoms with Crippen molar-refractivity contribution >= 4 is 6.09 Å². The lowest BCUT2D eigenvalue weighted by Crippen LogP contribution is -2.67.